The number of imidazole rings is 1. The highest BCUT2D eigenvalue weighted by Gasteiger charge is 2.48. The molecule has 0 radical (unpaired) electrons. The summed E-state index contributed by atoms with van der Waals surface area (Å²) in [6.45, 7) is -0.496. The highest BCUT2D eigenvalue weighted by molar-refractivity contribution is 7.32. The standard InChI is InChI=1S/C11H16N5O7P/c1-21-7-6(23-24(19)20)4(2-17)22-10(7)16-9-5(15-11(16)18)8(12)13-3-14-9/h3-4,6-7,10,17,24H,2H2,1H3,(H,15,18)(H,19,20)(H2,12,13,14)/t4-,6?,7?,10-/m1/s1. The third-order valence-electron chi connectivity index (χ3n) is 3.76. The molecule has 5 atom stereocenters. The summed E-state index contributed by atoms with van der Waals surface area (Å²) in [5, 5.41) is 9.43. The van der Waals surface area contributed by atoms with Gasteiger partial charge >= 0.3 is 13.9 Å². The summed E-state index contributed by atoms with van der Waals surface area (Å²) in [4.78, 5) is 31.7. The Hall–Kier alpha value is -1.82. The zero-order chi connectivity index (χ0) is 17.4. The lowest BCUT2D eigenvalue weighted by atomic mass is 10.1. The first-order valence-electron chi connectivity index (χ1n) is 6.87. The van der Waals surface area contributed by atoms with E-state index in [2.05, 4.69) is 15.0 Å². The summed E-state index contributed by atoms with van der Waals surface area (Å²) in [7, 11) is -1.99. The molecule has 0 saturated carbocycles. The third kappa shape index (κ3) is 2.73. The maximum absolute atomic E-state index is 12.3. The van der Waals surface area contributed by atoms with Crippen molar-refractivity contribution in [1.29, 1.82) is 0 Å². The SMILES string of the molecule is COC1C(O[PH](=O)O)[C@@H](CO)O[C@H]1n1c(=O)[nH]c2c(N)ncnc21. The van der Waals surface area contributed by atoms with Crippen molar-refractivity contribution in [2.75, 3.05) is 19.5 Å². The van der Waals surface area contributed by atoms with Crippen molar-refractivity contribution in [3.8, 4) is 0 Å². The molecule has 0 spiro atoms. The fourth-order valence-corrected chi connectivity index (χ4v) is 3.28. The molecule has 13 heteroatoms. The molecule has 2 aromatic heterocycles. The number of nitrogens with one attached hydrogen (secondary N) is 1. The van der Waals surface area contributed by atoms with Gasteiger partial charge < -0.3 is 34.7 Å². The number of H-pyrrole nitrogens is 1. The minimum absolute atomic E-state index is 0.0785. The van der Waals surface area contributed by atoms with E-state index in [1.165, 1.54) is 13.4 Å². The van der Waals surface area contributed by atoms with Crippen molar-refractivity contribution in [3.05, 3.63) is 16.8 Å². The zero-order valence-electron chi connectivity index (χ0n) is 12.4. The number of fused-ring (bicyclic) bond motifs is 1. The number of nitrogens with zero attached hydrogens (tertiary/aromatic N) is 3. The second-order valence-electron chi connectivity index (χ2n) is 5.05. The zero-order valence-corrected chi connectivity index (χ0v) is 13.4. The van der Waals surface area contributed by atoms with E-state index in [9.17, 15) is 14.5 Å². The number of hydrogen-bond donors (Lipinski definition) is 4. The lowest BCUT2D eigenvalue weighted by Gasteiger charge is -2.21. The number of aliphatic hydroxyl groups is 1. The van der Waals surface area contributed by atoms with Crippen molar-refractivity contribution in [2.45, 2.75) is 24.5 Å². The van der Waals surface area contributed by atoms with Crippen LogP contribution in [0.3, 0.4) is 0 Å². The van der Waals surface area contributed by atoms with E-state index in [4.69, 9.17) is 24.6 Å². The van der Waals surface area contributed by atoms with Crippen LogP contribution in [-0.2, 0) is 18.6 Å². The van der Waals surface area contributed by atoms with Crippen LogP contribution in [0.4, 0.5) is 5.82 Å². The molecule has 3 unspecified atom stereocenters. The Kier molecular flexibility index (Phi) is 4.67. The van der Waals surface area contributed by atoms with Gasteiger partial charge in [0.2, 0.25) is 0 Å². The number of anilines is 1. The molecular formula is C11H16N5O7P. The number of aromatic amines is 1. The summed E-state index contributed by atoms with van der Waals surface area (Å²) >= 11 is 0. The van der Waals surface area contributed by atoms with Gasteiger partial charge in [-0.3, -0.25) is 4.57 Å². The van der Waals surface area contributed by atoms with Crippen LogP contribution in [0, 0.1) is 0 Å². The molecule has 1 saturated heterocycles. The second kappa shape index (κ2) is 6.59. The van der Waals surface area contributed by atoms with E-state index in [0.29, 0.717) is 0 Å². The normalized spacial score (nSPS) is 28.5. The monoisotopic (exact) mass is 361 g/mol. The van der Waals surface area contributed by atoms with Gasteiger partial charge in [-0.05, 0) is 0 Å². The van der Waals surface area contributed by atoms with Crippen LogP contribution in [0.25, 0.3) is 11.2 Å². The average Bonchev–Trinajstić information content (AvgIpc) is 3.04. The topological polar surface area (TPSA) is 175 Å². The molecule has 5 N–H and O–H groups in total. The number of ether oxygens (including phenoxy) is 2. The fourth-order valence-electron chi connectivity index (χ4n) is 2.76. The van der Waals surface area contributed by atoms with Crippen molar-refractivity contribution in [2.24, 2.45) is 0 Å². The van der Waals surface area contributed by atoms with Gasteiger partial charge in [-0.2, -0.15) is 0 Å². The second-order valence-corrected chi connectivity index (χ2v) is 5.82. The molecule has 132 valence electrons. The molecule has 3 heterocycles. The van der Waals surface area contributed by atoms with Gasteiger partial charge in [0.15, 0.2) is 17.7 Å². The number of aliphatic hydroxyl groups excluding tert-OH is 1. The fraction of sp³-hybridized carbons (Fsp3) is 0.545. The first kappa shape index (κ1) is 17.0. The molecule has 1 fully saturated rings. The molecule has 12 nitrogen and oxygen atoms in total. The number of methoxy groups -OCH3 is 1. The molecule has 0 aromatic carbocycles. The van der Waals surface area contributed by atoms with E-state index in [-0.39, 0.29) is 17.0 Å². The molecule has 1 aliphatic rings. The maximum atomic E-state index is 12.3. The number of hydrogen-bond acceptors (Lipinski definition) is 9. The number of nitrogens with two attached hydrogens (primary N) is 1. The summed E-state index contributed by atoms with van der Waals surface area (Å²) < 4.78 is 28.0. The highest BCUT2D eigenvalue weighted by Crippen LogP contribution is 2.37. The molecule has 24 heavy (non-hydrogen) atoms. The summed E-state index contributed by atoms with van der Waals surface area (Å²) in [5.74, 6) is 0.0785. The van der Waals surface area contributed by atoms with Crippen molar-refractivity contribution < 1.29 is 28.6 Å². The molecular weight excluding hydrogens is 345 g/mol. The third-order valence-corrected chi connectivity index (χ3v) is 4.24. The summed E-state index contributed by atoms with van der Waals surface area (Å²) in [6.07, 6.45) is -2.80. The molecule has 0 amide bonds. The highest BCUT2D eigenvalue weighted by atomic mass is 31.1. The Labute approximate surface area is 135 Å². The van der Waals surface area contributed by atoms with Gasteiger partial charge in [-0.15, -0.1) is 0 Å². The predicted molar refractivity (Wildman–Crippen MR) is 80.4 cm³/mol. The molecule has 1 aliphatic heterocycles. The molecule has 0 aliphatic carbocycles. The van der Waals surface area contributed by atoms with Crippen LogP contribution in [0.2, 0.25) is 0 Å². The van der Waals surface area contributed by atoms with Gasteiger partial charge in [0.1, 0.15) is 30.2 Å². The van der Waals surface area contributed by atoms with Crippen molar-refractivity contribution in [1.82, 2.24) is 19.5 Å². The van der Waals surface area contributed by atoms with Gasteiger partial charge in [-0.1, -0.05) is 0 Å². The van der Waals surface area contributed by atoms with E-state index >= 15 is 0 Å². The van der Waals surface area contributed by atoms with Gasteiger partial charge in [0.25, 0.3) is 0 Å². The van der Waals surface area contributed by atoms with Crippen molar-refractivity contribution in [3.63, 3.8) is 0 Å². The van der Waals surface area contributed by atoms with E-state index in [1.807, 2.05) is 0 Å². The number of aromatic nitrogens is 4. The minimum Gasteiger partial charge on any atom is -0.394 e. The Morgan fingerprint density at radius 3 is 2.88 bits per heavy atom. The quantitative estimate of drug-likeness (QED) is 0.453. The van der Waals surface area contributed by atoms with E-state index < -0.39 is 45.1 Å². The van der Waals surface area contributed by atoms with Gasteiger partial charge in [-0.25, -0.2) is 19.3 Å². The van der Waals surface area contributed by atoms with Gasteiger partial charge in [0.05, 0.1) is 6.61 Å². The lowest BCUT2D eigenvalue weighted by molar-refractivity contribution is -0.0598. The average molecular weight is 361 g/mol. The van der Waals surface area contributed by atoms with Crippen LogP contribution in [0.5, 0.6) is 0 Å². The van der Waals surface area contributed by atoms with E-state index in [1.54, 1.807) is 0 Å². The Balaban J connectivity index is 2.09. The smallest absolute Gasteiger partial charge is 0.330 e. The molecule has 3 rings (SSSR count). The Morgan fingerprint density at radius 2 is 2.25 bits per heavy atom. The van der Waals surface area contributed by atoms with Gasteiger partial charge in [0, 0.05) is 7.11 Å². The molecule has 2 aromatic rings. The van der Waals surface area contributed by atoms with Crippen LogP contribution < -0.4 is 11.4 Å². The van der Waals surface area contributed by atoms with Crippen molar-refractivity contribution >= 4 is 25.2 Å². The van der Waals surface area contributed by atoms with Crippen LogP contribution in [0.15, 0.2) is 11.1 Å². The largest absolute Gasteiger partial charge is 0.394 e. The first-order valence-corrected chi connectivity index (χ1v) is 8.13. The number of rotatable bonds is 5. The van der Waals surface area contributed by atoms with Crippen LogP contribution in [0.1, 0.15) is 6.23 Å². The summed E-state index contributed by atoms with van der Waals surface area (Å²) in [5.41, 5.74) is 5.52. The van der Waals surface area contributed by atoms with E-state index in [0.717, 1.165) is 4.57 Å². The maximum Gasteiger partial charge on any atom is 0.330 e. The minimum atomic E-state index is -3.31. The summed E-state index contributed by atoms with van der Waals surface area (Å²) in [6, 6.07) is 0. The number of nitrogen functional groups attached to an aromatic ring is 1. The van der Waals surface area contributed by atoms with Crippen LogP contribution in [-0.4, -0.2) is 61.5 Å². The Bertz CT molecular complexity index is 823. The Morgan fingerprint density at radius 1 is 1.50 bits per heavy atom. The molecule has 0 bridgehead atoms. The predicted octanol–water partition coefficient (Wildman–Crippen LogP) is -1.63. The lowest BCUT2D eigenvalue weighted by Crippen LogP contribution is -2.37. The first-order chi connectivity index (χ1) is 11.5. The van der Waals surface area contributed by atoms with Crippen LogP contribution >= 0.6 is 8.25 Å².